The Morgan fingerprint density at radius 3 is 2.52 bits per heavy atom. The van der Waals surface area contributed by atoms with Gasteiger partial charge in [-0.05, 0) is 30.2 Å². The number of carbonyl (C=O) groups excluding carboxylic acids is 1. The zero-order valence-electron chi connectivity index (χ0n) is 17.2. The minimum Gasteiger partial charge on any atom is -0.345 e. The molecule has 2 aromatic carbocycles. The predicted octanol–water partition coefficient (Wildman–Crippen LogP) is 3.17. The molecule has 0 radical (unpaired) electrons. The summed E-state index contributed by atoms with van der Waals surface area (Å²) in [6.45, 7) is 2.49. The first-order chi connectivity index (χ1) is 14.8. The normalized spacial score (nSPS) is 16.0. The number of nitrogens with zero attached hydrogens (tertiary/aromatic N) is 3. The van der Waals surface area contributed by atoms with Gasteiger partial charge in [0.1, 0.15) is 0 Å². The molecule has 1 aliphatic rings. The van der Waals surface area contributed by atoms with Crippen LogP contribution in [0.15, 0.2) is 66.1 Å². The molecular weight excluding hydrogens is 436 g/mol. The second kappa shape index (κ2) is 8.45. The van der Waals surface area contributed by atoms with E-state index in [4.69, 9.17) is 11.6 Å². The number of hydrogen-bond donors (Lipinski definition) is 1. The number of hydrogen-bond acceptors (Lipinski definition) is 4. The highest BCUT2D eigenvalue weighted by atomic mass is 35.5. The number of carbonyl (C=O) groups is 1. The molecule has 1 amide bonds. The van der Waals surface area contributed by atoms with Crippen molar-refractivity contribution in [3.8, 4) is 0 Å². The van der Waals surface area contributed by atoms with Gasteiger partial charge in [-0.2, -0.15) is 4.31 Å². The summed E-state index contributed by atoms with van der Waals surface area (Å²) >= 11 is 6.28. The standard InChI is InChI=1S/C22H23ClN4O3S/c1-15-8-9-18(19(23)10-15)22(28)25-21(16-6-4-3-5-7-16)17-11-27(12-17)31(29,30)20-13-26(2)14-24-20/h3-10,13-14,17,21H,11-12H2,1-2H3,(H,25,28). The predicted molar refractivity (Wildman–Crippen MR) is 118 cm³/mol. The Morgan fingerprint density at radius 2 is 1.90 bits per heavy atom. The van der Waals surface area contributed by atoms with Gasteiger partial charge >= 0.3 is 0 Å². The van der Waals surface area contributed by atoms with Crippen molar-refractivity contribution >= 4 is 27.5 Å². The molecular formula is C22H23ClN4O3S. The second-order valence-corrected chi connectivity index (χ2v) is 10.1. The highest BCUT2D eigenvalue weighted by Crippen LogP contribution is 2.34. The zero-order chi connectivity index (χ0) is 22.2. The quantitative estimate of drug-likeness (QED) is 0.614. The van der Waals surface area contributed by atoms with Gasteiger partial charge in [0.05, 0.1) is 23.0 Å². The average molecular weight is 459 g/mol. The fourth-order valence-electron chi connectivity index (χ4n) is 3.69. The van der Waals surface area contributed by atoms with Gasteiger partial charge in [-0.15, -0.1) is 0 Å². The zero-order valence-corrected chi connectivity index (χ0v) is 18.8. The molecule has 0 bridgehead atoms. The van der Waals surface area contributed by atoms with E-state index < -0.39 is 10.0 Å². The maximum absolute atomic E-state index is 13.0. The van der Waals surface area contributed by atoms with E-state index in [-0.39, 0.29) is 22.9 Å². The number of aryl methyl sites for hydroxylation is 2. The second-order valence-electron chi connectivity index (χ2n) is 7.80. The van der Waals surface area contributed by atoms with Crippen LogP contribution in [0.2, 0.25) is 5.02 Å². The number of amides is 1. The lowest BCUT2D eigenvalue weighted by Gasteiger charge is -2.42. The van der Waals surface area contributed by atoms with Gasteiger partial charge in [-0.1, -0.05) is 48.0 Å². The van der Waals surface area contributed by atoms with Gasteiger partial charge in [0, 0.05) is 32.3 Å². The lowest BCUT2D eigenvalue weighted by atomic mass is 9.88. The SMILES string of the molecule is Cc1ccc(C(=O)NC(c2ccccc2)C2CN(S(=O)(=O)c3cn(C)cn3)C2)c(Cl)c1. The van der Waals surface area contributed by atoms with Crippen molar-refractivity contribution in [2.75, 3.05) is 13.1 Å². The Bertz CT molecular complexity index is 1200. The summed E-state index contributed by atoms with van der Waals surface area (Å²) in [5.74, 6) is -0.362. The lowest BCUT2D eigenvalue weighted by molar-refractivity contribution is 0.0872. The first-order valence-electron chi connectivity index (χ1n) is 9.86. The van der Waals surface area contributed by atoms with Crippen LogP contribution >= 0.6 is 11.6 Å². The average Bonchev–Trinajstić information content (AvgIpc) is 3.14. The lowest BCUT2D eigenvalue weighted by Crippen LogP contribution is -2.54. The van der Waals surface area contributed by atoms with Crippen LogP contribution in [0.25, 0.3) is 0 Å². The van der Waals surface area contributed by atoms with E-state index in [1.165, 1.54) is 16.8 Å². The van der Waals surface area contributed by atoms with Gasteiger partial charge in [-0.25, -0.2) is 13.4 Å². The van der Waals surface area contributed by atoms with Crippen molar-refractivity contribution in [1.82, 2.24) is 19.2 Å². The van der Waals surface area contributed by atoms with Gasteiger partial charge in [0.15, 0.2) is 5.03 Å². The summed E-state index contributed by atoms with van der Waals surface area (Å²) in [4.78, 5) is 16.9. The summed E-state index contributed by atoms with van der Waals surface area (Å²) in [7, 11) is -1.93. The first-order valence-corrected chi connectivity index (χ1v) is 11.7. The Balaban J connectivity index is 1.54. The third-order valence-corrected chi connectivity index (χ3v) is 7.48. The van der Waals surface area contributed by atoms with Crippen LogP contribution in [0.1, 0.15) is 27.5 Å². The summed E-state index contributed by atoms with van der Waals surface area (Å²) < 4.78 is 28.6. The Kier molecular flexibility index (Phi) is 5.88. The van der Waals surface area contributed by atoms with Crippen LogP contribution in [-0.2, 0) is 17.1 Å². The van der Waals surface area contributed by atoms with Gasteiger partial charge in [0.2, 0.25) is 0 Å². The Morgan fingerprint density at radius 1 is 1.19 bits per heavy atom. The van der Waals surface area contributed by atoms with E-state index in [0.717, 1.165) is 11.1 Å². The van der Waals surface area contributed by atoms with Crippen molar-refractivity contribution in [1.29, 1.82) is 0 Å². The molecule has 4 rings (SSSR count). The molecule has 7 nitrogen and oxygen atoms in total. The topological polar surface area (TPSA) is 84.3 Å². The minimum atomic E-state index is -3.65. The maximum atomic E-state index is 13.0. The number of imidazole rings is 1. The number of sulfonamides is 1. The molecule has 3 aromatic rings. The maximum Gasteiger partial charge on any atom is 0.262 e. The number of halogens is 1. The Hall–Kier alpha value is -2.68. The summed E-state index contributed by atoms with van der Waals surface area (Å²) in [6, 6.07) is 14.5. The molecule has 0 spiro atoms. The van der Waals surface area contributed by atoms with E-state index in [0.29, 0.717) is 23.7 Å². The van der Waals surface area contributed by atoms with E-state index in [2.05, 4.69) is 10.3 Å². The number of aromatic nitrogens is 2. The van der Waals surface area contributed by atoms with Gasteiger partial charge in [-0.3, -0.25) is 4.79 Å². The molecule has 1 aromatic heterocycles. The van der Waals surface area contributed by atoms with Crippen LogP contribution in [0.3, 0.4) is 0 Å². The van der Waals surface area contributed by atoms with Gasteiger partial charge in [0.25, 0.3) is 15.9 Å². The fraction of sp³-hybridized carbons (Fsp3) is 0.273. The molecule has 31 heavy (non-hydrogen) atoms. The smallest absolute Gasteiger partial charge is 0.262 e. The van der Waals surface area contributed by atoms with Gasteiger partial charge < -0.3 is 9.88 Å². The van der Waals surface area contributed by atoms with Crippen LogP contribution in [0, 0.1) is 12.8 Å². The van der Waals surface area contributed by atoms with Crippen LogP contribution in [0.4, 0.5) is 0 Å². The number of rotatable bonds is 6. The molecule has 2 heterocycles. The van der Waals surface area contributed by atoms with Crippen LogP contribution < -0.4 is 5.32 Å². The molecule has 1 fully saturated rings. The molecule has 1 saturated heterocycles. The van der Waals surface area contributed by atoms with Crippen molar-refractivity contribution < 1.29 is 13.2 Å². The van der Waals surface area contributed by atoms with E-state index in [9.17, 15) is 13.2 Å². The van der Waals surface area contributed by atoms with E-state index in [1.54, 1.807) is 23.7 Å². The van der Waals surface area contributed by atoms with E-state index >= 15 is 0 Å². The van der Waals surface area contributed by atoms with Crippen molar-refractivity contribution in [3.63, 3.8) is 0 Å². The van der Waals surface area contributed by atoms with Crippen molar-refractivity contribution in [2.24, 2.45) is 13.0 Å². The van der Waals surface area contributed by atoms with E-state index in [1.807, 2.05) is 43.3 Å². The third kappa shape index (κ3) is 4.37. The molecule has 1 N–H and O–H groups in total. The Labute approximate surface area is 186 Å². The monoisotopic (exact) mass is 458 g/mol. The summed E-state index contributed by atoms with van der Waals surface area (Å²) in [5.41, 5.74) is 2.28. The molecule has 1 unspecified atom stereocenters. The highest BCUT2D eigenvalue weighted by molar-refractivity contribution is 7.89. The summed E-state index contributed by atoms with van der Waals surface area (Å²) in [5, 5.41) is 3.48. The third-order valence-electron chi connectivity index (χ3n) is 5.45. The van der Waals surface area contributed by atoms with Crippen LogP contribution in [0.5, 0.6) is 0 Å². The largest absolute Gasteiger partial charge is 0.345 e. The molecule has 0 aliphatic carbocycles. The highest BCUT2D eigenvalue weighted by Gasteiger charge is 2.42. The summed E-state index contributed by atoms with van der Waals surface area (Å²) in [6.07, 6.45) is 2.95. The fourth-order valence-corrected chi connectivity index (χ4v) is 5.53. The first kappa shape index (κ1) is 21.5. The minimum absolute atomic E-state index is 0.0279. The number of nitrogens with one attached hydrogen (secondary N) is 1. The number of benzene rings is 2. The van der Waals surface area contributed by atoms with Crippen molar-refractivity contribution in [2.45, 2.75) is 18.0 Å². The molecule has 0 saturated carbocycles. The molecule has 1 aliphatic heterocycles. The van der Waals surface area contributed by atoms with Crippen molar-refractivity contribution in [3.05, 3.63) is 82.8 Å². The molecule has 162 valence electrons. The molecule has 9 heteroatoms. The molecule has 1 atom stereocenters. The van der Waals surface area contributed by atoms with Crippen LogP contribution in [-0.4, -0.2) is 41.3 Å².